The summed E-state index contributed by atoms with van der Waals surface area (Å²) in [6.45, 7) is 12.5. The number of piperidine rings is 2. The Bertz CT molecular complexity index is 381. The highest BCUT2D eigenvalue weighted by Gasteiger charge is 2.37. The molecule has 2 aliphatic heterocycles. The normalized spacial score (nSPS) is 24.9. The Morgan fingerprint density at radius 1 is 1.13 bits per heavy atom. The van der Waals surface area contributed by atoms with Crippen molar-refractivity contribution in [2.75, 3.05) is 26.2 Å². The molecule has 2 fully saturated rings. The van der Waals surface area contributed by atoms with Crippen LogP contribution in [0.25, 0.3) is 0 Å². The molecule has 1 unspecified atom stereocenters. The summed E-state index contributed by atoms with van der Waals surface area (Å²) in [6, 6.07) is 0.523. The largest absolute Gasteiger partial charge is 0.389 e. The van der Waals surface area contributed by atoms with Crippen molar-refractivity contribution in [2.45, 2.75) is 77.9 Å². The fourth-order valence-electron chi connectivity index (χ4n) is 4.08. The van der Waals surface area contributed by atoms with Crippen molar-refractivity contribution in [1.82, 2.24) is 9.80 Å². The second-order valence-corrected chi connectivity index (χ2v) is 8.13. The van der Waals surface area contributed by atoms with E-state index in [-0.39, 0.29) is 5.91 Å². The number of aliphatic hydroxyl groups is 1. The second-order valence-electron chi connectivity index (χ2n) is 8.13. The average molecular weight is 325 g/mol. The molecule has 2 heterocycles. The predicted molar refractivity (Wildman–Crippen MR) is 94.3 cm³/mol. The van der Waals surface area contributed by atoms with E-state index in [2.05, 4.69) is 32.6 Å². The molecular formula is C19H36N2O2. The fraction of sp³-hybridized carbons (Fsp3) is 0.947. The first-order valence-corrected chi connectivity index (χ1v) is 9.59. The standard InChI is InChI=1S/C19H36N2O2/c1-5-16(4)17-6-10-21(11-7-17)18(22)14-19(23)8-12-20(13-9-19)15(2)3/h15-17,23H,5-14H2,1-4H3. The molecule has 0 aromatic rings. The summed E-state index contributed by atoms with van der Waals surface area (Å²) in [5.41, 5.74) is -0.782. The molecule has 1 N–H and O–H groups in total. The van der Waals surface area contributed by atoms with Crippen LogP contribution in [-0.4, -0.2) is 58.6 Å². The van der Waals surface area contributed by atoms with Crippen LogP contribution < -0.4 is 0 Å². The maximum atomic E-state index is 12.6. The predicted octanol–water partition coefficient (Wildman–Crippen LogP) is 2.90. The van der Waals surface area contributed by atoms with Crippen molar-refractivity contribution >= 4 is 5.91 Å². The Morgan fingerprint density at radius 2 is 1.70 bits per heavy atom. The van der Waals surface area contributed by atoms with Crippen LogP contribution in [0.2, 0.25) is 0 Å². The first-order chi connectivity index (χ1) is 10.8. The molecule has 2 rings (SSSR count). The molecule has 0 aromatic carbocycles. The summed E-state index contributed by atoms with van der Waals surface area (Å²) in [6.07, 6.45) is 5.23. The fourth-order valence-corrected chi connectivity index (χ4v) is 4.08. The number of nitrogens with zero attached hydrogens (tertiary/aromatic N) is 2. The van der Waals surface area contributed by atoms with Crippen LogP contribution in [0.1, 0.15) is 66.2 Å². The first kappa shape index (κ1) is 18.7. The lowest BCUT2D eigenvalue weighted by atomic mass is 9.83. The van der Waals surface area contributed by atoms with Crippen molar-refractivity contribution in [2.24, 2.45) is 11.8 Å². The molecule has 2 aliphatic rings. The van der Waals surface area contributed by atoms with Crippen molar-refractivity contribution in [3.8, 4) is 0 Å². The molecule has 134 valence electrons. The third kappa shape index (κ3) is 4.93. The Balaban J connectivity index is 1.79. The summed E-state index contributed by atoms with van der Waals surface area (Å²) >= 11 is 0. The van der Waals surface area contributed by atoms with Gasteiger partial charge >= 0.3 is 0 Å². The number of carbonyl (C=O) groups excluding carboxylic acids is 1. The average Bonchev–Trinajstić information content (AvgIpc) is 2.54. The number of carbonyl (C=O) groups is 1. The van der Waals surface area contributed by atoms with E-state index in [1.807, 2.05) is 4.90 Å². The summed E-state index contributed by atoms with van der Waals surface area (Å²) in [5, 5.41) is 10.8. The Labute approximate surface area is 142 Å². The first-order valence-electron chi connectivity index (χ1n) is 9.59. The van der Waals surface area contributed by atoms with E-state index in [1.165, 1.54) is 6.42 Å². The number of likely N-dealkylation sites (tertiary alicyclic amines) is 2. The van der Waals surface area contributed by atoms with E-state index < -0.39 is 5.60 Å². The van der Waals surface area contributed by atoms with E-state index in [9.17, 15) is 9.90 Å². The maximum absolute atomic E-state index is 12.6. The molecular weight excluding hydrogens is 288 g/mol. The summed E-state index contributed by atoms with van der Waals surface area (Å²) in [5.74, 6) is 1.69. The minimum Gasteiger partial charge on any atom is -0.389 e. The van der Waals surface area contributed by atoms with E-state index in [0.29, 0.717) is 12.5 Å². The van der Waals surface area contributed by atoms with Crippen molar-refractivity contribution in [3.63, 3.8) is 0 Å². The molecule has 0 aliphatic carbocycles. The van der Waals surface area contributed by atoms with Crippen LogP contribution >= 0.6 is 0 Å². The number of hydrogen-bond acceptors (Lipinski definition) is 3. The van der Waals surface area contributed by atoms with Gasteiger partial charge in [-0.2, -0.15) is 0 Å². The van der Waals surface area contributed by atoms with Crippen LogP contribution in [0.3, 0.4) is 0 Å². The summed E-state index contributed by atoms with van der Waals surface area (Å²) < 4.78 is 0. The lowest BCUT2D eigenvalue weighted by molar-refractivity contribution is -0.140. The zero-order valence-electron chi connectivity index (χ0n) is 15.6. The van der Waals surface area contributed by atoms with Gasteiger partial charge in [0.1, 0.15) is 0 Å². The third-order valence-electron chi connectivity index (χ3n) is 6.28. The summed E-state index contributed by atoms with van der Waals surface area (Å²) in [4.78, 5) is 17.0. The van der Waals surface area contributed by atoms with Crippen molar-refractivity contribution in [1.29, 1.82) is 0 Å². The van der Waals surface area contributed by atoms with E-state index in [4.69, 9.17) is 0 Å². The van der Waals surface area contributed by atoms with Gasteiger partial charge in [-0.05, 0) is 51.4 Å². The van der Waals surface area contributed by atoms with Gasteiger partial charge in [0.2, 0.25) is 5.91 Å². The molecule has 0 spiro atoms. The summed E-state index contributed by atoms with van der Waals surface area (Å²) in [7, 11) is 0. The molecule has 0 bridgehead atoms. The molecule has 4 heteroatoms. The monoisotopic (exact) mass is 324 g/mol. The van der Waals surface area contributed by atoms with Gasteiger partial charge in [-0.25, -0.2) is 0 Å². The van der Waals surface area contributed by atoms with Gasteiger partial charge in [0, 0.05) is 32.2 Å². The van der Waals surface area contributed by atoms with Gasteiger partial charge in [-0.3, -0.25) is 4.79 Å². The van der Waals surface area contributed by atoms with E-state index in [0.717, 1.165) is 63.7 Å². The molecule has 0 aromatic heterocycles. The quantitative estimate of drug-likeness (QED) is 0.845. The maximum Gasteiger partial charge on any atom is 0.225 e. The molecule has 23 heavy (non-hydrogen) atoms. The minimum absolute atomic E-state index is 0.160. The zero-order valence-corrected chi connectivity index (χ0v) is 15.6. The van der Waals surface area contributed by atoms with Crippen LogP contribution in [-0.2, 0) is 4.79 Å². The van der Waals surface area contributed by atoms with Gasteiger partial charge in [-0.15, -0.1) is 0 Å². The highest BCUT2D eigenvalue weighted by Crippen LogP contribution is 2.30. The van der Waals surface area contributed by atoms with Gasteiger partial charge in [0.25, 0.3) is 0 Å². The SMILES string of the molecule is CCC(C)C1CCN(C(=O)CC2(O)CCN(C(C)C)CC2)CC1. The molecule has 0 radical (unpaired) electrons. The second kappa shape index (κ2) is 7.98. The van der Waals surface area contributed by atoms with E-state index >= 15 is 0 Å². The molecule has 2 saturated heterocycles. The topological polar surface area (TPSA) is 43.8 Å². The van der Waals surface area contributed by atoms with Gasteiger partial charge in [-0.1, -0.05) is 20.3 Å². The van der Waals surface area contributed by atoms with Crippen LogP contribution in [0, 0.1) is 11.8 Å². The highest BCUT2D eigenvalue weighted by atomic mass is 16.3. The Morgan fingerprint density at radius 3 is 2.17 bits per heavy atom. The van der Waals surface area contributed by atoms with Crippen LogP contribution in [0.5, 0.6) is 0 Å². The zero-order chi connectivity index (χ0) is 17.0. The molecule has 0 saturated carbocycles. The Kier molecular flexibility index (Phi) is 6.49. The number of hydrogen-bond donors (Lipinski definition) is 1. The van der Waals surface area contributed by atoms with Crippen LogP contribution in [0.4, 0.5) is 0 Å². The molecule has 1 atom stereocenters. The number of rotatable bonds is 5. The highest BCUT2D eigenvalue weighted by molar-refractivity contribution is 5.77. The lowest BCUT2D eigenvalue weighted by Crippen LogP contribution is -2.50. The smallest absolute Gasteiger partial charge is 0.225 e. The molecule has 4 nitrogen and oxygen atoms in total. The van der Waals surface area contributed by atoms with Gasteiger partial charge in [0.05, 0.1) is 12.0 Å². The lowest BCUT2D eigenvalue weighted by Gasteiger charge is -2.41. The van der Waals surface area contributed by atoms with Gasteiger partial charge < -0.3 is 14.9 Å². The number of amides is 1. The molecule has 1 amide bonds. The van der Waals surface area contributed by atoms with Crippen molar-refractivity contribution < 1.29 is 9.90 Å². The minimum atomic E-state index is -0.782. The Hall–Kier alpha value is -0.610. The third-order valence-corrected chi connectivity index (χ3v) is 6.28. The van der Waals surface area contributed by atoms with Crippen molar-refractivity contribution in [3.05, 3.63) is 0 Å². The van der Waals surface area contributed by atoms with Crippen LogP contribution in [0.15, 0.2) is 0 Å². The van der Waals surface area contributed by atoms with E-state index in [1.54, 1.807) is 0 Å². The van der Waals surface area contributed by atoms with Gasteiger partial charge in [0.15, 0.2) is 0 Å².